The molecule has 2 aromatic heterocycles. The molecule has 0 aromatic carbocycles. The van der Waals surface area contributed by atoms with E-state index < -0.39 is 0 Å². The highest BCUT2D eigenvalue weighted by atomic mass is 15.7. The molecule has 6 nitrogen and oxygen atoms in total. The van der Waals surface area contributed by atoms with Crippen molar-refractivity contribution in [3.63, 3.8) is 0 Å². The first-order chi connectivity index (χ1) is 6.77. The van der Waals surface area contributed by atoms with E-state index in [-0.39, 0.29) is 0 Å². The van der Waals surface area contributed by atoms with Gasteiger partial charge >= 0.3 is 0 Å². The van der Waals surface area contributed by atoms with E-state index in [0.717, 1.165) is 18.7 Å². The Balaban J connectivity index is 2.57. The molecule has 0 aliphatic rings. The Labute approximate surface area is 81.9 Å². The van der Waals surface area contributed by atoms with Crippen LogP contribution in [0.15, 0.2) is 12.5 Å². The number of hydrogen-bond donors (Lipinski definition) is 1. The van der Waals surface area contributed by atoms with Crippen molar-refractivity contribution in [1.82, 2.24) is 19.3 Å². The first-order valence-corrected chi connectivity index (χ1v) is 4.69. The highest BCUT2D eigenvalue weighted by Crippen LogP contribution is 2.07. The van der Waals surface area contributed by atoms with Crippen molar-refractivity contribution in [3.8, 4) is 0 Å². The molecule has 2 aromatic rings. The van der Waals surface area contributed by atoms with Crippen LogP contribution in [0.25, 0.3) is 5.65 Å². The lowest BCUT2D eigenvalue weighted by Gasteiger charge is -2.22. The van der Waals surface area contributed by atoms with Crippen LogP contribution in [0.4, 0.5) is 5.95 Å². The van der Waals surface area contributed by atoms with Gasteiger partial charge in [-0.2, -0.15) is 9.77 Å². The standard InChI is InChI=1S/C8H14N6/c1-3-12(4-2)14-8(9)11-7-5-10-6-13(7)14/h5-6H,3-4H2,1-2H3,(H2,9,11). The largest absolute Gasteiger partial charge is 0.367 e. The van der Waals surface area contributed by atoms with Gasteiger partial charge in [0.05, 0.1) is 6.20 Å². The lowest BCUT2D eigenvalue weighted by atomic mass is 10.6. The van der Waals surface area contributed by atoms with Crippen LogP contribution in [-0.4, -0.2) is 32.4 Å². The average molecular weight is 194 g/mol. The lowest BCUT2D eigenvalue weighted by molar-refractivity contribution is 0.536. The molecule has 0 saturated carbocycles. The maximum absolute atomic E-state index is 5.81. The van der Waals surface area contributed by atoms with E-state index in [9.17, 15) is 0 Å². The smallest absolute Gasteiger partial charge is 0.237 e. The quantitative estimate of drug-likeness (QED) is 0.752. The van der Waals surface area contributed by atoms with Gasteiger partial charge in [0.2, 0.25) is 5.95 Å². The second-order valence-corrected chi connectivity index (χ2v) is 2.99. The number of nitrogens with zero attached hydrogens (tertiary/aromatic N) is 5. The Bertz CT molecular complexity index is 424. The number of aromatic nitrogens is 4. The van der Waals surface area contributed by atoms with E-state index in [1.54, 1.807) is 12.5 Å². The van der Waals surface area contributed by atoms with Gasteiger partial charge in [0.25, 0.3) is 0 Å². The van der Waals surface area contributed by atoms with Crippen LogP contribution in [-0.2, 0) is 0 Å². The zero-order chi connectivity index (χ0) is 10.1. The summed E-state index contributed by atoms with van der Waals surface area (Å²) in [6, 6.07) is 0. The zero-order valence-corrected chi connectivity index (χ0v) is 8.38. The molecule has 2 N–H and O–H groups in total. The van der Waals surface area contributed by atoms with E-state index >= 15 is 0 Å². The Morgan fingerprint density at radius 2 is 2.14 bits per heavy atom. The average Bonchev–Trinajstić information content (AvgIpc) is 2.70. The summed E-state index contributed by atoms with van der Waals surface area (Å²) in [4.78, 5) is 10.0. The van der Waals surface area contributed by atoms with Gasteiger partial charge in [-0.05, 0) is 13.8 Å². The first kappa shape index (κ1) is 8.86. The van der Waals surface area contributed by atoms with Gasteiger partial charge in [-0.15, -0.1) is 0 Å². The predicted molar refractivity (Wildman–Crippen MR) is 54.7 cm³/mol. The van der Waals surface area contributed by atoms with Crippen molar-refractivity contribution in [1.29, 1.82) is 0 Å². The summed E-state index contributed by atoms with van der Waals surface area (Å²) in [6.07, 6.45) is 3.40. The fourth-order valence-corrected chi connectivity index (χ4v) is 1.55. The van der Waals surface area contributed by atoms with Crippen molar-refractivity contribution in [2.75, 3.05) is 23.8 Å². The minimum atomic E-state index is 0.492. The fraction of sp³-hybridized carbons (Fsp3) is 0.500. The third-order valence-electron chi connectivity index (χ3n) is 2.24. The molecule has 76 valence electrons. The zero-order valence-electron chi connectivity index (χ0n) is 8.38. The summed E-state index contributed by atoms with van der Waals surface area (Å²) >= 11 is 0. The molecule has 0 spiro atoms. The molecule has 0 aliphatic carbocycles. The second-order valence-electron chi connectivity index (χ2n) is 2.99. The number of nitrogens with two attached hydrogens (primary N) is 1. The molecule has 6 heteroatoms. The molecule has 0 atom stereocenters. The van der Waals surface area contributed by atoms with E-state index in [4.69, 9.17) is 5.73 Å². The number of hydrogen-bond acceptors (Lipinski definition) is 4. The number of anilines is 1. The van der Waals surface area contributed by atoms with Crippen LogP contribution < -0.4 is 10.7 Å². The summed E-state index contributed by atoms with van der Waals surface area (Å²) < 4.78 is 1.84. The van der Waals surface area contributed by atoms with Crippen molar-refractivity contribution >= 4 is 11.6 Å². The molecular weight excluding hydrogens is 180 g/mol. The third-order valence-corrected chi connectivity index (χ3v) is 2.24. The monoisotopic (exact) mass is 194 g/mol. The van der Waals surface area contributed by atoms with Gasteiger partial charge in [-0.25, -0.2) is 9.50 Å². The number of rotatable bonds is 3. The lowest BCUT2D eigenvalue weighted by Crippen LogP contribution is -2.37. The Kier molecular flexibility index (Phi) is 2.03. The SMILES string of the molecule is CCN(CC)n1c(N)nc2cncn21. The van der Waals surface area contributed by atoms with Crippen LogP contribution >= 0.6 is 0 Å². The van der Waals surface area contributed by atoms with Crippen LogP contribution in [0, 0.1) is 0 Å². The van der Waals surface area contributed by atoms with Gasteiger partial charge in [0, 0.05) is 13.1 Å². The van der Waals surface area contributed by atoms with Crippen molar-refractivity contribution in [2.24, 2.45) is 0 Å². The molecule has 2 rings (SSSR count). The maximum atomic E-state index is 5.81. The Morgan fingerprint density at radius 1 is 1.43 bits per heavy atom. The van der Waals surface area contributed by atoms with Crippen molar-refractivity contribution < 1.29 is 0 Å². The minimum Gasteiger partial charge on any atom is -0.367 e. The molecule has 0 bridgehead atoms. The maximum Gasteiger partial charge on any atom is 0.237 e. The van der Waals surface area contributed by atoms with E-state index in [1.807, 2.05) is 9.31 Å². The molecule has 0 aliphatic heterocycles. The number of imidazole rings is 1. The van der Waals surface area contributed by atoms with Crippen LogP contribution in [0.5, 0.6) is 0 Å². The van der Waals surface area contributed by atoms with Crippen molar-refractivity contribution in [3.05, 3.63) is 12.5 Å². The molecule has 0 fully saturated rings. The molecular formula is C8H14N6. The van der Waals surface area contributed by atoms with Gasteiger partial charge in [-0.3, -0.25) is 5.01 Å². The summed E-state index contributed by atoms with van der Waals surface area (Å²) in [5, 5.41) is 2.08. The normalized spacial score (nSPS) is 11.0. The van der Waals surface area contributed by atoms with Crippen molar-refractivity contribution in [2.45, 2.75) is 13.8 Å². The molecule has 0 radical (unpaired) electrons. The summed E-state index contributed by atoms with van der Waals surface area (Å²) in [7, 11) is 0. The topological polar surface area (TPSA) is 64.4 Å². The highest BCUT2D eigenvalue weighted by Gasteiger charge is 2.11. The first-order valence-electron chi connectivity index (χ1n) is 4.69. The van der Waals surface area contributed by atoms with E-state index in [1.165, 1.54) is 0 Å². The highest BCUT2D eigenvalue weighted by molar-refractivity contribution is 5.40. The second kappa shape index (κ2) is 3.21. The van der Waals surface area contributed by atoms with Crippen LogP contribution in [0.1, 0.15) is 13.8 Å². The molecule has 2 heterocycles. The van der Waals surface area contributed by atoms with Crippen LogP contribution in [0.3, 0.4) is 0 Å². The summed E-state index contributed by atoms with van der Waals surface area (Å²) in [5.41, 5.74) is 6.58. The molecule has 0 amide bonds. The van der Waals surface area contributed by atoms with E-state index in [0.29, 0.717) is 5.95 Å². The van der Waals surface area contributed by atoms with Gasteiger partial charge in [-0.1, -0.05) is 0 Å². The molecule has 14 heavy (non-hydrogen) atoms. The number of nitrogen functional groups attached to an aromatic ring is 1. The van der Waals surface area contributed by atoms with Gasteiger partial charge in [0.1, 0.15) is 6.33 Å². The number of fused-ring (bicyclic) bond motifs is 1. The van der Waals surface area contributed by atoms with E-state index in [2.05, 4.69) is 28.8 Å². The fourth-order valence-electron chi connectivity index (χ4n) is 1.55. The van der Waals surface area contributed by atoms with Gasteiger partial charge in [0.15, 0.2) is 5.65 Å². The molecule has 0 saturated heterocycles. The minimum absolute atomic E-state index is 0.492. The molecule has 0 unspecified atom stereocenters. The third kappa shape index (κ3) is 1.11. The van der Waals surface area contributed by atoms with Crippen LogP contribution in [0.2, 0.25) is 0 Å². The van der Waals surface area contributed by atoms with Gasteiger partial charge < -0.3 is 5.73 Å². The Morgan fingerprint density at radius 3 is 2.79 bits per heavy atom. The summed E-state index contributed by atoms with van der Waals surface area (Å²) in [6.45, 7) is 5.91. The predicted octanol–water partition coefficient (Wildman–Crippen LogP) is 0.0908. The summed E-state index contributed by atoms with van der Waals surface area (Å²) in [5.74, 6) is 0.492. The Hall–Kier alpha value is -1.72.